The van der Waals surface area contributed by atoms with Crippen molar-refractivity contribution in [2.24, 2.45) is 5.92 Å². The van der Waals surface area contributed by atoms with Gasteiger partial charge in [0.15, 0.2) is 0 Å². The van der Waals surface area contributed by atoms with Crippen LogP contribution in [0.25, 0.3) is 0 Å². The lowest BCUT2D eigenvalue weighted by molar-refractivity contribution is -0.134. The Kier molecular flexibility index (Phi) is 4.56. The van der Waals surface area contributed by atoms with Crippen molar-refractivity contribution < 1.29 is 9.59 Å². The van der Waals surface area contributed by atoms with Crippen LogP contribution in [0.2, 0.25) is 0 Å². The SMILES string of the molecule is O=C1C[C@@H](c2ccccc2)N(C(=O)C[C@H]2C=CCC2)CCN1. The molecule has 4 heteroatoms. The molecule has 4 nitrogen and oxygen atoms in total. The number of hydrogen-bond donors (Lipinski definition) is 1. The average Bonchev–Trinajstić information content (AvgIpc) is 2.95. The number of nitrogens with one attached hydrogen (secondary N) is 1. The Hall–Kier alpha value is -2.10. The van der Waals surface area contributed by atoms with Crippen molar-refractivity contribution in [2.75, 3.05) is 13.1 Å². The van der Waals surface area contributed by atoms with Crippen LogP contribution < -0.4 is 5.32 Å². The van der Waals surface area contributed by atoms with Crippen LogP contribution in [0.4, 0.5) is 0 Å². The number of allylic oxidation sites excluding steroid dienone is 2. The van der Waals surface area contributed by atoms with Crippen molar-refractivity contribution in [3.05, 3.63) is 48.0 Å². The number of hydrogen-bond acceptors (Lipinski definition) is 2. The fourth-order valence-electron chi connectivity index (χ4n) is 3.31. The van der Waals surface area contributed by atoms with Gasteiger partial charge in [-0.05, 0) is 24.3 Å². The van der Waals surface area contributed by atoms with Gasteiger partial charge in [-0.3, -0.25) is 9.59 Å². The molecule has 1 aliphatic heterocycles. The zero-order valence-electron chi connectivity index (χ0n) is 12.7. The maximum atomic E-state index is 12.8. The zero-order valence-corrected chi connectivity index (χ0v) is 12.7. The van der Waals surface area contributed by atoms with E-state index in [4.69, 9.17) is 0 Å². The Balaban J connectivity index is 1.79. The Morgan fingerprint density at radius 3 is 2.82 bits per heavy atom. The molecule has 0 saturated carbocycles. The molecule has 1 heterocycles. The molecule has 2 amide bonds. The van der Waals surface area contributed by atoms with Crippen LogP contribution in [0.3, 0.4) is 0 Å². The molecule has 0 aromatic heterocycles. The van der Waals surface area contributed by atoms with Crippen LogP contribution in [-0.2, 0) is 9.59 Å². The third-order valence-electron chi connectivity index (χ3n) is 4.48. The van der Waals surface area contributed by atoms with E-state index in [-0.39, 0.29) is 17.9 Å². The molecule has 0 spiro atoms. The molecular formula is C18H22N2O2. The first-order valence-corrected chi connectivity index (χ1v) is 8.02. The van der Waals surface area contributed by atoms with Gasteiger partial charge in [-0.2, -0.15) is 0 Å². The highest BCUT2D eigenvalue weighted by Gasteiger charge is 2.30. The summed E-state index contributed by atoms with van der Waals surface area (Å²) in [5.41, 5.74) is 1.04. The summed E-state index contributed by atoms with van der Waals surface area (Å²) < 4.78 is 0. The minimum absolute atomic E-state index is 0.0184. The minimum atomic E-state index is -0.151. The summed E-state index contributed by atoms with van der Waals surface area (Å²) in [6.07, 6.45) is 7.33. The molecule has 2 aliphatic rings. The topological polar surface area (TPSA) is 49.4 Å². The van der Waals surface area contributed by atoms with E-state index in [1.165, 1.54) is 0 Å². The standard InChI is InChI=1S/C18H22N2O2/c21-17-13-16(15-8-2-1-3-9-15)20(11-10-19-17)18(22)12-14-6-4-5-7-14/h1-4,6,8-9,14,16H,5,7,10-13H2,(H,19,21)/t14-,16-/m0/s1. The second-order valence-electron chi connectivity index (χ2n) is 6.04. The van der Waals surface area contributed by atoms with E-state index in [0.29, 0.717) is 31.8 Å². The van der Waals surface area contributed by atoms with Crippen LogP contribution in [0, 0.1) is 5.92 Å². The minimum Gasteiger partial charge on any atom is -0.354 e. The molecule has 1 fully saturated rings. The highest BCUT2D eigenvalue weighted by Crippen LogP contribution is 2.28. The zero-order chi connectivity index (χ0) is 15.4. The predicted molar refractivity (Wildman–Crippen MR) is 85.0 cm³/mol. The molecule has 0 bridgehead atoms. The van der Waals surface area contributed by atoms with Crippen molar-refractivity contribution in [1.82, 2.24) is 10.2 Å². The Labute approximate surface area is 131 Å². The van der Waals surface area contributed by atoms with Crippen molar-refractivity contribution in [1.29, 1.82) is 0 Å². The maximum absolute atomic E-state index is 12.8. The van der Waals surface area contributed by atoms with Crippen molar-refractivity contribution in [3.63, 3.8) is 0 Å². The summed E-state index contributed by atoms with van der Waals surface area (Å²) in [4.78, 5) is 26.6. The number of carbonyl (C=O) groups is 2. The molecule has 1 aromatic carbocycles. The molecule has 0 unspecified atom stereocenters. The lowest BCUT2D eigenvalue weighted by Gasteiger charge is -2.30. The molecule has 2 atom stereocenters. The summed E-state index contributed by atoms with van der Waals surface area (Å²) in [5, 5.41) is 2.88. The van der Waals surface area contributed by atoms with Crippen LogP contribution in [-0.4, -0.2) is 29.8 Å². The number of rotatable bonds is 3. The van der Waals surface area contributed by atoms with Crippen molar-refractivity contribution >= 4 is 11.8 Å². The largest absolute Gasteiger partial charge is 0.354 e. The summed E-state index contributed by atoms with van der Waals surface area (Å²) in [6, 6.07) is 9.72. The second kappa shape index (κ2) is 6.77. The normalized spacial score (nSPS) is 24.9. The van der Waals surface area contributed by atoms with Gasteiger partial charge < -0.3 is 10.2 Å². The summed E-state index contributed by atoms with van der Waals surface area (Å²) in [6.45, 7) is 1.12. The Morgan fingerprint density at radius 1 is 1.27 bits per heavy atom. The van der Waals surface area contributed by atoms with Crippen LogP contribution in [0.15, 0.2) is 42.5 Å². The summed E-state index contributed by atoms with van der Waals surface area (Å²) in [7, 11) is 0. The maximum Gasteiger partial charge on any atom is 0.223 e. The third kappa shape index (κ3) is 3.38. The van der Waals surface area contributed by atoms with E-state index in [1.54, 1.807) is 0 Å². The second-order valence-corrected chi connectivity index (χ2v) is 6.04. The van der Waals surface area contributed by atoms with Gasteiger partial charge in [-0.1, -0.05) is 42.5 Å². The molecular weight excluding hydrogens is 276 g/mol. The lowest BCUT2D eigenvalue weighted by atomic mass is 9.99. The van der Waals surface area contributed by atoms with Gasteiger partial charge in [-0.25, -0.2) is 0 Å². The molecule has 116 valence electrons. The molecule has 1 N–H and O–H groups in total. The van der Waals surface area contributed by atoms with Gasteiger partial charge in [-0.15, -0.1) is 0 Å². The van der Waals surface area contributed by atoms with E-state index in [0.717, 1.165) is 18.4 Å². The Morgan fingerprint density at radius 2 is 2.09 bits per heavy atom. The Bertz CT molecular complexity index is 568. The first kappa shape index (κ1) is 14.8. The van der Waals surface area contributed by atoms with E-state index >= 15 is 0 Å². The monoisotopic (exact) mass is 298 g/mol. The van der Waals surface area contributed by atoms with Gasteiger partial charge in [0.25, 0.3) is 0 Å². The fourth-order valence-corrected chi connectivity index (χ4v) is 3.31. The highest BCUT2D eigenvalue weighted by molar-refractivity contribution is 5.81. The number of nitrogens with zero attached hydrogens (tertiary/aromatic N) is 1. The number of amides is 2. The van der Waals surface area contributed by atoms with E-state index < -0.39 is 0 Å². The smallest absolute Gasteiger partial charge is 0.223 e. The number of benzene rings is 1. The van der Waals surface area contributed by atoms with Crippen LogP contribution in [0.5, 0.6) is 0 Å². The van der Waals surface area contributed by atoms with E-state index in [9.17, 15) is 9.59 Å². The van der Waals surface area contributed by atoms with Gasteiger partial charge in [0.2, 0.25) is 11.8 Å². The van der Waals surface area contributed by atoms with Gasteiger partial charge in [0.1, 0.15) is 0 Å². The molecule has 1 aliphatic carbocycles. The van der Waals surface area contributed by atoms with E-state index in [2.05, 4.69) is 17.5 Å². The number of carbonyl (C=O) groups excluding carboxylic acids is 2. The quantitative estimate of drug-likeness (QED) is 0.871. The first-order valence-electron chi connectivity index (χ1n) is 8.02. The van der Waals surface area contributed by atoms with Crippen LogP contribution >= 0.6 is 0 Å². The molecule has 3 rings (SSSR count). The van der Waals surface area contributed by atoms with Gasteiger partial charge in [0.05, 0.1) is 12.5 Å². The van der Waals surface area contributed by atoms with Gasteiger partial charge in [0, 0.05) is 19.5 Å². The third-order valence-corrected chi connectivity index (χ3v) is 4.48. The van der Waals surface area contributed by atoms with Crippen molar-refractivity contribution in [2.45, 2.75) is 31.7 Å². The van der Waals surface area contributed by atoms with E-state index in [1.807, 2.05) is 35.2 Å². The van der Waals surface area contributed by atoms with Crippen molar-refractivity contribution in [3.8, 4) is 0 Å². The molecule has 1 aromatic rings. The summed E-state index contributed by atoms with van der Waals surface area (Å²) >= 11 is 0. The van der Waals surface area contributed by atoms with Gasteiger partial charge >= 0.3 is 0 Å². The lowest BCUT2D eigenvalue weighted by Crippen LogP contribution is -2.37. The molecule has 22 heavy (non-hydrogen) atoms. The molecule has 0 radical (unpaired) electrons. The van der Waals surface area contributed by atoms with Crippen LogP contribution in [0.1, 0.15) is 37.3 Å². The molecule has 1 saturated heterocycles. The summed E-state index contributed by atoms with van der Waals surface area (Å²) in [5.74, 6) is 0.530. The predicted octanol–water partition coefficient (Wildman–Crippen LogP) is 2.43. The average molecular weight is 298 g/mol. The highest BCUT2D eigenvalue weighted by atomic mass is 16.2. The fraction of sp³-hybridized carbons (Fsp3) is 0.444. The first-order chi connectivity index (χ1) is 10.7.